The van der Waals surface area contributed by atoms with Crippen molar-refractivity contribution in [2.24, 2.45) is 0 Å². The van der Waals surface area contributed by atoms with E-state index in [-0.39, 0.29) is 0 Å². The molecule has 0 bridgehead atoms. The van der Waals surface area contributed by atoms with Crippen molar-refractivity contribution in [2.75, 3.05) is 5.32 Å². The smallest absolute Gasteiger partial charge is 0.148 e. The van der Waals surface area contributed by atoms with E-state index in [0.29, 0.717) is 11.2 Å². The van der Waals surface area contributed by atoms with Gasteiger partial charge in [0.15, 0.2) is 0 Å². The van der Waals surface area contributed by atoms with Gasteiger partial charge in [-0.25, -0.2) is 9.97 Å². The molecule has 1 aromatic rings. The molecule has 1 aromatic heterocycles. The maximum absolute atomic E-state index is 5.85. The van der Waals surface area contributed by atoms with Crippen molar-refractivity contribution in [1.82, 2.24) is 9.97 Å². The zero-order valence-electron chi connectivity index (χ0n) is 7.37. The normalized spacial score (nSPS) is 16.1. The maximum atomic E-state index is 5.85. The van der Waals surface area contributed by atoms with E-state index in [1.165, 1.54) is 6.33 Å². The zero-order valence-corrected chi connectivity index (χ0v) is 9.72. The highest BCUT2D eigenvalue weighted by Gasteiger charge is 2.13. The van der Waals surface area contributed by atoms with Crippen LogP contribution in [0.2, 0.25) is 5.15 Å². The summed E-state index contributed by atoms with van der Waals surface area (Å²) in [5, 5.41) is 3.74. The van der Waals surface area contributed by atoms with Gasteiger partial charge in [0.05, 0.1) is 4.47 Å². The minimum absolute atomic E-state index is 0.428. The van der Waals surface area contributed by atoms with E-state index in [0.717, 1.165) is 23.1 Å². The van der Waals surface area contributed by atoms with E-state index in [9.17, 15) is 0 Å². The van der Waals surface area contributed by atoms with Crippen LogP contribution in [0.3, 0.4) is 0 Å². The summed E-state index contributed by atoms with van der Waals surface area (Å²) in [5.74, 6) is 0.763. The molecule has 0 saturated heterocycles. The van der Waals surface area contributed by atoms with Gasteiger partial charge < -0.3 is 5.32 Å². The molecule has 5 heteroatoms. The van der Waals surface area contributed by atoms with Gasteiger partial charge in [0, 0.05) is 6.04 Å². The summed E-state index contributed by atoms with van der Waals surface area (Å²) in [6, 6.07) is 0.428. The maximum Gasteiger partial charge on any atom is 0.148 e. The molecule has 0 saturated carbocycles. The first kappa shape index (κ1) is 9.93. The molecule has 0 unspecified atom stereocenters. The molecule has 0 spiro atoms. The number of hydrogen-bond acceptors (Lipinski definition) is 3. The molecular weight excluding hydrogens is 265 g/mol. The van der Waals surface area contributed by atoms with E-state index in [2.05, 4.69) is 43.4 Å². The van der Waals surface area contributed by atoms with Crippen LogP contribution in [0.5, 0.6) is 0 Å². The molecule has 74 valence electrons. The fourth-order valence-corrected chi connectivity index (χ4v) is 1.83. The molecule has 0 aliphatic heterocycles. The lowest BCUT2D eigenvalue weighted by molar-refractivity contribution is 0.778. The van der Waals surface area contributed by atoms with Crippen LogP contribution >= 0.6 is 27.5 Å². The topological polar surface area (TPSA) is 37.8 Å². The standard InChI is InChI=1S/C9H9BrClN3/c10-7-8(11)12-5-13-9(7)14-6-3-1-2-4-6/h1-2,5-6H,3-4H2,(H,12,13,14). The fraction of sp³-hybridized carbons (Fsp3) is 0.333. The monoisotopic (exact) mass is 273 g/mol. The molecule has 0 atom stereocenters. The first-order chi connectivity index (χ1) is 6.77. The molecule has 1 heterocycles. The van der Waals surface area contributed by atoms with Crippen molar-refractivity contribution in [3.63, 3.8) is 0 Å². The molecule has 0 radical (unpaired) electrons. The highest BCUT2D eigenvalue weighted by Crippen LogP contribution is 2.27. The lowest BCUT2D eigenvalue weighted by Crippen LogP contribution is -2.16. The number of halogens is 2. The van der Waals surface area contributed by atoms with Gasteiger partial charge in [-0.15, -0.1) is 0 Å². The fourth-order valence-electron chi connectivity index (χ4n) is 1.38. The van der Waals surface area contributed by atoms with Crippen LogP contribution in [0.4, 0.5) is 5.82 Å². The lowest BCUT2D eigenvalue weighted by atomic mass is 10.2. The molecular formula is C9H9BrClN3. The molecule has 0 fully saturated rings. The Morgan fingerprint density at radius 1 is 1.36 bits per heavy atom. The summed E-state index contributed by atoms with van der Waals surface area (Å²) in [7, 11) is 0. The summed E-state index contributed by atoms with van der Waals surface area (Å²) in [6.07, 6.45) is 7.85. The highest BCUT2D eigenvalue weighted by molar-refractivity contribution is 9.10. The number of aromatic nitrogens is 2. The second kappa shape index (κ2) is 4.28. The highest BCUT2D eigenvalue weighted by atomic mass is 79.9. The average molecular weight is 275 g/mol. The molecule has 3 nitrogen and oxygen atoms in total. The molecule has 0 amide bonds. The Bertz CT molecular complexity index is 359. The first-order valence-corrected chi connectivity index (χ1v) is 5.52. The van der Waals surface area contributed by atoms with Crippen LogP contribution < -0.4 is 5.32 Å². The largest absolute Gasteiger partial charge is 0.366 e. The van der Waals surface area contributed by atoms with Gasteiger partial charge in [-0.3, -0.25) is 0 Å². The Hall–Kier alpha value is -0.610. The Morgan fingerprint density at radius 2 is 2.07 bits per heavy atom. The van der Waals surface area contributed by atoms with Crippen molar-refractivity contribution < 1.29 is 0 Å². The van der Waals surface area contributed by atoms with Crippen molar-refractivity contribution >= 4 is 33.3 Å². The van der Waals surface area contributed by atoms with Gasteiger partial charge in [-0.1, -0.05) is 23.8 Å². The number of nitrogens with zero attached hydrogens (tertiary/aromatic N) is 2. The van der Waals surface area contributed by atoms with Crippen molar-refractivity contribution in [1.29, 1.82) is 0 Å². The Morgan fingerprint density at radius 3 is 2.79 bits per heavy atom. The predicted octanol–water partition coefficient (Wildman–Crippen LogP) is 3.02. The van der Waals surface area contributed by atoms with Gasteiger partial charge in [-0.2, -0.15) is 0 Å². The average Bonchev–Trinajstić information content (AvgIpc) is 2.66. The predicted molar refractivity (Wildman–Crippen MR) is 60.5 cm³/mol. The van der Waals surface area contributed by atoms with E-state index in [1.54, 1.807) is 0 Å². The number of hydrogen-bond donors (Lipinski definition) is 1. The summed E-state index contributed by atoms with van der Waals surface area (Å²) in [5.41, 5.74) is 0. The third kappa shape index (κ3) is 2.07. The number of nitrogens with one attached hydrogen (secondary N) is 1. The molecule has 1 N–H and O–H groups in total. The lowest BCUT2D eigenvalue weighted by Gasteiger charge is -2.13. The van der Waals surface area contributed by atoms with E-state index in [4.69, 9.17) is 11.6 Å². The van der Waals surface area contributed by atoms with Crippen molar-refractivity contribution in [3.8, 4) is 0 Å². The molecule has 0 aromatic carbocycles. The summed E-state index contributed by atoms with van der Waals surface area (Å²) in [6.45, 7) is 0. The van der Waals surface area contributed by atoms with Gasteiger partial charge in [0.2, 0.25) is 0 Å². The van der Waals surface area contributed by atoms with Crippen molar-refractivity contribution in [2.45, 2.75) is 18.9 Å². The molecule has 1 aliphatic carbocycles. The molecule has 1 aliphatic rings. The quantitative estimate of drug-likeness (QED) is 0.665. The van der Waals surface area contributed by atoms with Crippen LogP contribution in [-0.4, -0.2) is 16.0 Å². The third-order valence-electron chi connectivity index (χ3n) is 2.10. The van der Waals surface area contributed by atoms with Crippen LogP contribution in [0.1, 0.15) is 12.8 Å². The number of rotatable bonds is 2. The third-order valence-corrected chi connectivity index (χ3v) is 3.36. The van der Waals surface area contributed by atoms with E-state index < -0.39 is 0 Å². The van der Waals surface area contributed by atoms with E-state index >= 15 is 0 Å². The molecule has 2 rings (SSSR count). The van der Waals surface area contributed by atoms with Crippen molar-refractivity contribution in [3.05, 3.63) is 28.1 Å². The zero-order chi connectivity index (χ0) is 9.97. The second-order valence-electron chi connectivity index (χ2n) is 3.11. The number of anilines is 1. The summed E-state index contributed by atoms with van der Waals surface area (Å²) >= 11 is 9.19. The second-order valence-corrected chi connectivity index (χ2v) is 4.26. The summed E-state index contributed by atoms with van der Waals surface area (Å²) in [4.78, 5) is 7.99. The Labute approximate surface area is 95.7 Å². The van der Waals surface area contributed by atoms with Gasteiger partial charge in [-0.05, 0) is 28.8 Å². The Kier molecular flexibility index (Phi) is 3.03. The first-order valence-electron chi connectivity index (χ1n) is 4.35. The van der Waals surface area contributed by atoms with Gasteiger partial charge in [0.25, 0.3) is 0 Å². The minimum Gasteiger partial charge on any atom is -0.366 e. The van der Waals surface area contributed by atoms with E-state index in [1.807, 2.05) is 0 Å². The Balaban J connectivity index is 2.12. The van der Waals surface area contributed by atoms with Crippen LogP contribution in [0.25, 0.3) is 0 Å². The molecule has 14 heavy (non-hydrogen) atoms. The van der Waals surface area contributed by atoms with Gasteiger partial charge >= 0.3 is 0 Å². The SMILES string of the molecule is Clc1ncnc(NC2CC=CC2)c1Br. The van der Waals surface area contributed by atoms with Crippen LogP contribution in [-0.2, 0) is 0 Å². The van der Waals surface area contributed by atoms with Crippen LogP contribution in [0, 0.1) is 0 Å². The van der Waals surface area contributed by atoms with Gasteiger partial charge in [0.1, 0.15) is 17.3 Å². The minimum atomic E-state index is 0.428. The van der Waals surface area contributed by atoms with Crippen LogP contribution in [0.15, 0.2) is 23.0 Å². The summed E-state index contributed by atoms with van der Waals surface area (Å²) < 4.78 is 0.730.